The molecule has 0 aliphatic carbocycles. The second-order valence-corrected chi connectivity index (χ2v) is 3.83. The van der Waals surface area contributed by atoms with E-state index in [1.807, 2.05) is 0 Å². The first-order valence-corrected chi connectivity index (χ1v) is 5.67. The van der Waals surface area contributed by atoms with E-state index in [0.717, 1.165) is 5.56 Å². The number of rotatable bonds is 8. The predicted molar refractivity (Wildman–Crippen MR) is 65.7 cm³/mol. The van der Waals surface area contributed by atoms with E-state index in [2.05, 4.69) is 4.98 Å². The van der Waals surface area contributed by atoms with Gasteiger partial charge in [0, 0.05) is 38.2 Å². The molecule has 0 saturated carbocycles. The largest absolute Gasteiger partial charge is 0.398 e. The Hall–Kier alpha value is -1.17. The summed E-state index contributed by atoms with van der Waals surface area (Å²) in [5.74, 6) is 0. The Morgan fingerprint density at radius 3 is 2.94 bits per heavy atom. The van der Waals surface area contributed by atoms with Crippen molar-refractivity contribution < 1.29 is 14.6 Å². The molecular formula is C12H20N2O3. The molecule has 3 N–H and O–H groups in total. The standard InChI is InChI=1S/C12H20N2O3/c1-16-6-7-17-5-3-11(15)8-10-9-14-4-2-12(10)13/h2,4,9,11,15H,3,5-8H2,1H3,(H2,13,14). The number of anilines is 1. The molecule has 5 nitrogen and oxygen atoms in total. The summed E-state index contributed by atoms with van der Waals surface area (Å²) in [5.41, 5.74) is 7.30. The molecule has 0 aliphatic heterocycles. The predicted octanol–water partition coefficient (Wildman–Crippen LogP) is 0.620. The topological polar surface area (TPSA) is 77.6 Å². The van der Waals surface area contributed by atoms with Gasteiger partial charge in [-0.2, -0.15) is 0 Å². The molecule has 0 fully saturated rings. The number of nitrogens with two attached hydrogens (primary N) is 1. The van der Waals surface area contributed by atoms with E-state index < -0.39 is 6.10 Å². The lowest BCUT2D eigenvalue weighted by molar-refractivity contribution is 0.0479. The first-order valence-electron chi connectivity index (χ1n) is 5.67. The minimum atomic E-state index is -0.455. The van der Waals surface area contributed by atoms with Gasteiger partial charge in [0.15, 0.2) is 0 Å². The molecule has 0 bridgehead atoms. The van der Waals surface area contributed by atoms with Crippen LogP contribution in [0.15, 0.2) is 18.5 Å². The molecule has 0 aliphatic rings. The Kier molecular flexibility index (Phi) is 6.54. The Morgan fingerprint density at radius 2 is 2.24 bits per heavy atom. The summed E-state index contributed by atoms with van der Waals surface area (Å²) < 4.78 is 10.1. The van der Waals surface area contributed by atoms with Crippen LogP contribution in [-0.4, -0.2) is 43.1 Å². The maximum absolute atomic E-state index is 9.79. The van der Waals surface area contributed by atoms with Crippen molar-refractivity contribution in [3.05, 3.63) is 24.0 Å². The molecule has 0 amide bonds. The van der Waals surface area contributed by atoms with Crippen LogP contribution in [0.3, 0.4) is 0 Å². The molecule has 1 rings (SSSR count). The van der Waals surface area contributed by atoms with Crippen molar-refractivity contribution >= 4 is 5.69 Å². The van der Waals surface area contributed by atoms with E-state index in [1.165, 1.54) is 0 Å². The van der Waals surface area contributed by atoms with Crippen LogP contribution in [0, 0.1) is 0 Å². The van der Waals surface area contributed by atoms with E-state index in [0.29, 0.717) is 38.3 Å². The molecular weight excluding hydrogens is 220 g/mol. The quantitative estimate of drug-likeness (QED) is 0.651. The third kappa shape index (κ3) is 5.63. The van der Waals surface area contributed by atoms with E-state index in [9.17, 15) is 5.11 Å². The molecule has 0 aromatic carbocycles. The minimum absolute atomic E-state index is 0.455. The third-order valence-corrected chi connectivity index (χ3v) is 2.42. The Bertz CT molecular complexity index is 320. The Balaban J connectivity index is 2.21. The molecule has 5 heteroatoms. The number of aromatic nitrogens is 1. The van der Waals surface area contributed by atoms with Gasteiger partial charge >= 0.3 is 0 Å². The van der Waals surface area contributed by atoms with Crippen LogP contribution in [0.25, 0.3) is 0 Å². The number of pyridine rings is 1. The van der Waals surface area contributed by atoms with Crippen LogP contribution in [0.5, 0.6) is 0 Å². The van der Waals surface area contributed by atoms with Gasteiger partial charge in [0.25, 0.3) is 0 Å². The lowest BCUT2D eigenvalue weighted by Gasteiger charge is -2.12. The number of nitrogens with zero attached hydrogens (tertiary/aromatic N) is 1. The zero-order valence-corrected chi connectivity index (χ0v) is 10.1. The second kappa shape index (κ2) is 8.00. The monoisotopic (exact) mass is 240 g/mol. The molecule has 0 saturated heterocycles. The highest BCUT2D eigenvalue weighted by molar-refractivity contribution is 5.44. The first kappa shape index (κ1) is 13.9. The van der Waals surface area contributed by atoms with Gasteiger partial charge in [0.1, 0.15) is 0 Å². The maximum Gasteiger partial charge on any atom is 0.0700 e. The average Bonchev–Trinajstić information content (AvgIpc) is 2.32. The summed E-state index contributed by atoms with van der Waals surface area (Å²) in [4.78, 5) is 3.98. The van der Waals surface area contributed by atoms with E-state index >= 15 is 0 Å². The highest BCUT2D eigenvalue weighted by Crippen LogP contribution is 2.12. The lowest BCUT2D eigenvalue weighted by atomic mass is 10.1. The zero-order valence-electron chi connectivity index (χ0n) is 10.1. The van der Waals surface area contributed by atoms with Crippen molar-refractivity contribution in [2.45, 2.75) is 18.9 Å². The Labute approximate surface area is 102 Å². The van der Waals surface area contributed by atoms with Gasteiger partial charge in [-0.1, -0.05) is 0 Å². The maximum atomic E-state index is 9.79. The fourth-order valence-electron chi connectivity index (χ4n) is 1.43. The van der Waals surface area contributed by atoms with Crippen molar-refractivity contribution in [2.75, 3.05) is 32.7 Å². The second-order valence-electron chi connectivity index (χ2n) is 3.83. The molecule has 0 spiro atoms. The summed E-state index contributed by atoms with van der Waals surface area (Å²) in [6, 6.07) is 1.73. The summed E-state index contributed by atoms with van der Waals surface area (Å²) in [6.07, 6.45) is 3.96. The fourth-order valence-corrected chi connectivity index (χ4v) is 1.43. The van der Waals surface area contributed by atoms with Crippen molar-refractivity contribution in [3.8, 4) is 0 Å². The lowest BCUT2D eigenvalue weighted by Crippen LogP contribution is -2.15. The first-order chi connectivity index (χ1) is 8.24. The van der Waals surface area contributed by atoms with Gasteiger partial charge in [-0.3, -0.25) is 4.98 Å². The number of hydrogen-bond donors (Lipinski definition) is 2. The number of ether oxygens (including phenoxy) is 2. The molecule has 1 aromatic rings. The normalized spacial score (nSPS) is 12.6. The summed E-state index contributed by atoms with van der Waals surface area (Å²) in [6.45, 7) is 1.65. The number of methoxy groups -OCH3 is 1. The zero-order chi connectivity index (χ0) is 12.5. The number of hydrogen-bond acceptors (Lipinski definition) is 5. The summed E-state index contributed by atoms with van der Waals surface area (Å²) in [7, 11) is 1.63. The molecule has 0 radical (unpaired) electrons. The van der Waals surface area contributed by atoms with Gasteiger partial charge in [-0.25, -0.2) is 0 Å². The van der Waals surface area contributed by atoms with Gasteiger partial charge in [-0.15, -0.1) is 0 Å². The highest BCUT2D eigenvalue weighted by Gasteiger charge is 2.08. The fraction of sp³-hybridized carbons (Fsp3) is 0.583. The average molecular weight is 240 g/mol. The van der Waals surface area contributed by atoms with E-state index in [4.69, 9.17) is 15.2 Å². The summed E-state index contributed by atoms with van der Waals surface area (Å²) >= 11 is 0. The van der Waals surface area contributed by atoms with Gasteiger partial charge in [0.2, 0.25) is 0 Å². The SMILES string of the molecule is COCCOCCC(O)Cc1cnccc1N. The number of aliphatic hydroxyl groups is 1. The van der Waals surface area contributed by atoms with Crippen LogP contribution in [-0.2, 0) is 15.9 Å². The van der Waals surface area contributed by atoms with Crippen molar-refractivity contribution in [1.82, 2.24) is 4.98 Å². The van der Waals surface area contributed by atoms with Crippen molar-refractivity contribution in [1.29, 1.82) is 0 Å². The van der Waals surface area contributed by atoms with Crippen molar-refractivity contribution in [3.63, 3.8) is 0 Å². The van der Waals surface area contributed by atoms with Crippen LogP contribution < -0.4 is 5.73 Å². The van der Waals surface area contributed by atoms with Gasteiger partial charge < -0.3 is 20.3 Å². The Morgan fingerprint density at radius 1 is 1.41 bits per heavy atom. The van der Waals surface area contributed by atoms with Crippen LogP contribution in [0.4, 0.5) is 5.69 Å². The van der Waals surface area contributed by atoms with Gasteiger partial charge in [-0.05, 0) is 18.1 Å². The van der Waals surface area contributed by atoms with E-state index in [1.54, 1.807) is 25.6 Å². The highest BCUT2D eigenvalue weighted by atomic mass is 16.5. The molecule has 1 aromatic heterocycles. The van der Waals surface area contributed by atoms with Crippen LogP contribution >= 0.6 is 0 Å². The van der Waals surface area contributed by atoms with Crippen LogP contribution in [0.2, 0.25) is 0 Å². The molecule has 1 heterocycles. The number of nitrogen functional groups attached to an aromatic ring is 1. The number of aliphatic hydroxyl groups excluding tert-OH is 1. The summed E-state index contributed by atoms with van der Waals surface area (Å²) in [5, 5.41) is 9.79. The van der Waals surface area contributed by atoms with E-state index in [-0.39, 0.29) is 0 Å². The minimum Gasteiger partial charge on any atom is -0.398 e. The molecule has 1 atom stereocenters. The molecule has 96 valence electrons. The third-order valence-electron chi connectivity index (χ3n) is 2.42. The molecule has 1 unspecified atom stereocenters. The van der Waals surface area contributed by atoms with Gasteiger partial charge in [0.05, 0.1) is 19.3 Å². The van der Waals surface area contributed by atoms with Crippen LogP contribution in [0.1, 0.15) is 12.0 Å². The molecule has 17 heavy (non-hydrogen) atoms. The smallest absolute Gasteiger partial charge is 0.0700 e. The van der Waals surface area contributed by atoms with Crippen molar-refractivity contribution in [2.24, 2.45) is 0 Å².